The second kappa shape index (κ2) is 4.37. The number of aromatic nitrogens is 1. The number of benzene rings is 2. The number of rotatable bonds is 1. The van der Waals surface area contributed by atoms with Crippen LogP contribution in [0.25, 0.3) is 22.6 Å². The molecule has 20 heavy (non-hydrogen) atoms. The molecule has 1 aromatic heterocycles. The Kier molecular flexibility index (Phi) is 2.78. The molecule has 0 saturated carbocycles. The number of hydrogen-bond acceptors (Lipinski definition) is 2. The molecule has 5 heteroatoms. The molecule has 0 N–H and O–H groups in total. The molecular weight excluding hydrogens is 267 g/mol. The van der Waals surface area contributed by atoms with Gasteiger partial charge < -0.3 is 4.42 Å². The van der Waals surface area contributed by atoms with E-state index in [2.05, 4.69) is 4.98 Å². The summed E-state index contributed by atoms with van der Waals surface area (Å²) in [7, 11) is 0. The first kappa shape index (κ1) is 12.7. The van der Waals surface area contributed by atoms with Crippen LogP contribution in [0.2, 0.25) is 0 Å². The lowest BCUT2D eigenvalue weighted by molar-refractivity contribution is -0.137. The van der Waals surface area contributed by atoms with Crippen molar-refractivity contribution in [1.29, 1.82) is 0 Å². The third-order valence-corrected chi connectivity index (χ3v) is 3.09. The predicted octanol–water partition coefficient (Wildman–Crippen LogP) is 4.82. The van der Waals surface area contributed by atoms with E-state index in [0.717, 1.165) is 23.3 Å². The van der Waals surface area contributed by atoms with E-state index in [9.17, 15) is 13.2 Å². The van der Waals surface area contributed by atoms with Crippen LogP contribution in [0.4, 0.5) is 13.2 Å². The Hall–Kier alpha value is -2.30. The molecular formula is C15H10F3NO. The van der Waals surface area contributed by atoms with E-state index in [-0.39, 0.29) is 5.52 Å². The van der Waals surface area contributed by atoms with Gasteiger partial charge in [0.2, 0.25) is 5.89 Å². The highest BCUT2D eigenvalue weighted by molar-refractivity contribution is 5.77. The molecule has 0 radical (unpaired) electrons. The zero-order chi connectivity index (χ0) is 14.3. The van der Waals surface area contributed by atoms with Crippen molar-refractivity contribution >= 4 is 11.1 Å². The Morgan fingerprint density at radius 1 is 1.05 bits per heavy atom. The molecule has 2 aromatic carbocycles. The molecule has 0 saturated heterocycles. The van der Waals surface area contributed by atoms with Gasteiger partial charge >= 0.3 is 6.18 Å². The fraction of sp³-hybridized carbons (Fsp3) is 0.133. The lowest BCUT2D eigenvalue weighted by atomic mass is 10.1. The monoisotopic (exact) mass is 277 g/mol. The van der Waals surface area contributed by atoms with Crippen LogP contribution in [0.3, 0.4) is 0 Å². The third-order valence-electron chi connectivity index (χ3n) is 3.09. The normalized spacial score (nSPS) is 12.0. The maximum atomic E-state index is 12.7. The zero-order valence-electron chi connectivity index (χ0n) is 10.5. The van der Waals surface area contributed by atoms with Crippen molar-refractivity contribution in [3.05, 3.63) is 53.6 Å². The Balaban J connectivity index is 2.14. The zero-order valence-corrected chi connectivity index (χ0v) is 10.5. The molecule has 0 aliphatic carbocycles. The van der Waals surface area contributed by atoms with E-state index < -0.39 is 11.7 Å². The summed E-state index contributed by atoms with van der Waals surface area (Å²) in [6, 6.07) is 10.7. The molecule has 0 atom stereocenters. The van der Waals surface area contributed by atoms with Gasteiger partial charge in [0.1, 0.15) is 5.52 Å². The van der Waals surface area contributed by atoms with E-state index in [4.69, 9.17) is 4.42 Å². The molecule has 3 rings (SSSR count). The Morgan fingerprint density at radius 2 is 1.80 bits per heavy atom. The van der Waals surface area contributed by atoms with Crippen molar-refractivity contribution in [2.45, 2.75) is 13.1 Å². The van der Waals surface area contributed by atoms with E-state index in [1.165, 1.54) is 6.07 Å². The van der Waals surface area contributed by atoms with Crippen LogP contribution >= 0.6 is 0 Å². The number of alkyl halides is 3. The van der Waals surface area contributed by atoms with Gasteiger partial charge in [-0.05, 0) is 36.8 Å². The number of fused-ring (bicyclic) bond motifs is 1. The first-order valence-corrected chi connectivity index (χ1v) is 5.99. The van der Waals surface area contributed by atoms with E-state index >= 15 is 0 Å². The molecule has 102 valence electrons. The van der Waals surface area contributed by atoms with Crippen LogP contribution in [0.15, 0.2) is 46.9 Å². The van der Waals surface area contributed by atoms with Crippen molar-refractivity contribution in [2.75, 3.05) is 0 Å². The molecule has 0 aliphatic rings. The van der Waals surface area contributed by atoms with Gasteiger partial charge in [-0.2, -0.15) is 13.2 Å². The second-order valence-electron chi connectivity index (χ2n) is 4.51. The predicted molar refractivity (Wildman–Crippen MR) is 69.2 cm³/mol. The average Bonchev–Trinajstić information content (AvgIpc) is 2.80. The summed E-state index contributed by atoms with van der Waals surface area (Å²) in [5.41, 5.74) is 1.55. The summed E-state index contributed by atoms with van der Waals surface area (Å²) in [6.07, 6.45) is -4.38. The smallest absolute Gasteiger partial charge is 0.416 e. The quantitative estimate of drug-likeness (QED) is 0.637. The van der Waals surface area contributed by atoms with Gasteiger partial charge in [-0.3, -0.25) is 0 Å². The Morgan fingerprint density at radius 3 is 2.50 bits per heavy atom. The topological polar surface area (TPSA) is 26.0 Å². The van der Waals surface area contributed by atoms with E-state index in [1.807, 2.05) is 31.2 Å². The van der Waals surface area contributed by atoms with Gasteiger partial charge in [0, 0.05) is 5.56 Å². The SMILES string of the molecule is Cc1ccccc1-c1nc2cc(C(F)(F)F)ccc2o1. The molecule has 0 aliphatic heterocycles. The molecule has 2 nitrogen and oxygen atoms in total. The Labute approximate surface area is 112 Å². The Bertz CT molecular complexity index is 774. The third kappa shape index (κ3) is 2.15. The van der Waals surface area contributed by atoms with Crippen LogP contribution in [-0.4, -0.2) is 4.98 Å². The lowest BCUT2D eigenvalue weighted by Crippen LogP contribution is -2.03. The standard InChI is InChI=1S/C15H10F3NO/c1-9-4-2-3-5-11(9)14-19-12-8-10(15(16,17)18)6-7-13(12)20-14/h2-8H,1H3. The fourth-order valence-corrected chi connectivity index (χ4v) is 2.03. The molecule has 0 spiro atoms. The van der Waals surface area contributed by atoms with Gasteiger partial charge in [0.05, 0.1) is 5.56 Å². The summed E-state index contributed by atoms with van der Waals surface area (Å²) >= 11 is 0. The molecule has 3 aromatic rings. The maximum absolute atomic E-state index is 12.7. The average molecular weight is 277 g/mol. The summed E-state index contributed by atoms with van der Waals surface area (Å²) < 4.78 is 43.5. The number of oxazole rings is 1. The minimum atomic E-state index is -4.38. The van der Waals surface area contributed by atoms with Crippen molar-refractivity contribution in [2.24, 2.45) is 0 Å². The van der Waals surface area contributed by atoms with Gasteiger partial charge in [-0.25, -0.2) is 4.98 Å². The highest BCUT2D eigenvalue weighted by Gasteiger charge is 2.31. The van der Waals surface area contributed by atoms with Crippen LogP contribution in [0.5, 0.6) is 0 Å². The highest BCUT2D eigenvalue weighted by atomic mass is 19.4. The van der Waals surface area contributed by atoms with Crippen LogP contribution in [0.1, 0.15) is 11.1 Å². The van der Waals surface area contributed by atoms with Gasteiger partial charge in [-0.1, -0.05) is 18.2 Å². The minimum absolute atomic E-state index is 0.207. The van der Waals surface area contributed by atoms with Gasteiger partial charge in [-0.15, -0.1) is 0 Å². The van der Waals surface area contributed by atoms with Crippen molar-refractivity contribution in [1.82, 2.24) is 4.98 Å². The second-order valence-corrected chi connectivity index (χ2v) is 4.51. The number of aryl methyl sites for hydroxylation is 1. The molecule has 0 unspecified atom stereocenters. The summed E-state index contributed by atoms with van der Waals surface area (Å²) in [6.45, 7) is 1.89. The van der Waals surface area contributed by atoms with E-state index in [1.54, 1.807) is 0 Å². The molecule has 0 bridgehead atoms. The van der Waals surface area contributed by atoms with Crippen LogP contribution in [-0.2, 0) is 6.18 Å². The number of hydrogen-bond donors (Lipinski definition) is 0. The van der Waals surface area contributed by atoms with Gasteiger partial charge in [0.25, 0.3) is 0 Å². The van der Waals surface area contributed by atoms with Crippen molar-refractivity contribution in [3.63, 3.8) is 0 Å². The number of nitrogens with zero attached hydrogens (tertiary/aromatic N) is 1. The maximum Gasteiger partial charge on any atom is 0.416 e. The minimum Gasteiger partial charge on any atom is -0.436 e. The van der Waals surface area contributed by atoms with E-state index in [0.29, 0.717) is 11.5 Å². The van der Waals surface area contributed by atoms with Crippen LogP contribution in [0, 0.1) is 6.92 Å². The largest absolute Gasteiger partial charge is 0.436 e. The highest BCUT2D eigenvalue weighted by Crippen LogP contribution is 2.33. The van der Waals surface area contributed by atoms with Crippen molar-refractivity contribution in [3.8, 4) is 11.5 Å². The summed E-state index contributed by atoms with van der Waals surface area (Å²) in [4.78, 5) is 4.15. The molecule has 1 heterocycles. The fourth-order valence-electron chi connectivity index (χ4n) is 2.03. The molecule has 0 fully saturated rings. The first-order valence-electron chi connectivity index (χ1n) is 5.99. The number of halogens is 3. The van der Waals surface area contributed by atoms with Crippen LogP contribution < -0.4 is 0 Å². The van der Waals surface area contributed by atoms with Gasteiger partial charge in [0.15, 0.2) is 5.58 Å². The lowest BCUT2D eigenvalue weighted by Gasteiger charge is -2.04. The van der Waals surface area contributed by atoms with Crippen molar-refractivity contribution < 1.29 is 17.6 Å². The first-order chi connectivity index (χ1) is 9.45. The summed E-state index contributed by atoms with van der Waals surface area (Å²) in [5.74, 6) is 0.331. The summed E-state index contributed by atoms with van der Waals surface area (Å²) in [5, 5.41) is 0. The molecule has 0 amide bonds.